The lowest BCUT2D eigenvalue weighted by Gasteiger charge is -2.60. The van der Waals surface area contributed by atoms with Crippen molar-refractivity contribution in [1.29, 1.82) is 0 Å². The minimum absolute atomic E-state index is 0.0350. The largest absolute Gasteiger partial charge is 0.365 e. The molecule has 1 heterocycles. The summed E-state index contributed by atoms with van der Waals surface area (Å²) < 4.78 is 0.241. The molecule has 0 saturated heterocycles. The Labute approximate surface area is 178 Å². The molecule has 4 fully saturated rings. The molecule has 0 aliphatic heterocycles. The van der Waals surface area contributed by atoms with Crippen LogP contribution in [0.5, 0.6) is 0 Å². The summed E-state index contributed by atoms with van der Waals surface area (Å²) in [7, 11) is 0. The van der Waals surface area contributed by atoms with E-state index >= 15 is 0 Å². The number of H-pyrrole nitrogens is 1. The number of nitrogens with two attached hydrogens (primary N) is 1. The topological polar surface area (TPSA) is 105 Å². The van der Waals surface area contributed by atoms with Crippen molar-refractivity contribution in [2.24, 2.45) is 23.0 Å². The zero-order valence-electron chi connectivity index (χ0n) is 16.6. The highest BCUT2D eigenvalue weighted by atomic mass is 79.9. The van der Waals surface area contributed by atoms with Crippen LogP contribution in [-0.4, -0.2) is 21.1 Å². The Morgan fingerprint density at radius 3 is 2.62 bits per heavy atom. The average molecular weight is 462 g/mol. The summed E-state index contributed by atoms with van der Waals surface area (Å²) in [5, 5.41) is 3.22. The highest BCUT2D eigenvalue weighted by Gasteiger charge is 2.57. The highest BCUT2D eigenvalue weighted by Crippen LogP contribution is 2.65. The molecule has 4 bridgehead atoms. The van der Waals surface area contributed by atoms with Gasteiger partial charge in [0.25, 0.3) is 11.5 Å². The molecule has 0 aromatic carbocycles. The number of amides is 2. The molecule has 6 nitrogen and oxygen atoms in total. The number of carbonyl (C=O) groups excluding carboxylic acids is 2. The van der Waals surface area contributed by atoms with Crippen molar-refractivity contribution in [1.82, 2.24) is 10.3 Å². The predicted molar refractivity (Wildman–Crippen MR) is 113 cm³/mol. The lowest BCUT2D eigenvalue weighted by Crippen LogP contribution is -2.54. The molecule has 3 atom stereocenters. The first-order valence-corrected chi connectivity index (χ1v) is 11.6. The number of fused-ring (bicyclic) bond motifs is 1. The van der Waals surface area contributed by atoms with Crippen molar-refractivity contribution < 1.29 is 9.59 Å². The zero-order chi connectivity index (χ0) is 20.4. The van der Waals surface area contributed by atoms with E-state index in [0.29, 0.717) is 6.42 Å². The SMILES string of the molecule is NC(=O)c1cc2c([nH]c1=O)CCCC2NC(=O)CC12CC3CC(CC(Br)(C3)C1)C2. The Morgan fingerprint density at radius 2 is 1.97 bits per heavy atom. The van der Waals surface area contributed by atoms with Crippen LogP contribution in [-0.2, 0) is 11.2 Å². The van der Waals surface area contributed by atoms with Crippen LogP contribution >= 0.6 is 15.9 Å². The Balaban J connectivity index is 1.34. The van der Waals surface area contributed by atoms with Gasteiger partial charge in [-0.1, -0.05) is 15.9 Å². The van der Waals surface area contributed by atoms with Crippen molar-refractivity contribution in [2.45, 2.75) is 74.6 Å². The molecular weight excluding hydrogens is 434 g/mol. The number of aromatic amines is 1. The maximum Gasteiger partial charge on any atom is 0.261 e. The standard InChI is InChI=1S/C22H28BrN3O3/c23-22-8-12-4-13(9-22)7-21(6-12,11-22)10-18(27)25-16-2-1-3-17-14(16)5-15(19(24)28)20(29)26-17/h5,12-13,16H,1-4,6-11H2,(H2,24,28)(H,25,27)(H,26,29). The summed E-state index contributed by atoms with van der Waals surface area (Å²) in [5.74, 6) is 0.859. The van der Waals surface area contributed by atoms with E-state index in [2.05, 4.69) is 26.2 Å². The van der Waals surface area contributed by atoms with Crippen molar-refractivity contribution in [3.05, 3.63) is 33.2 Å². The maximum atomic E-state index is 13.1. The third-order valence-electron chi connectivity index (χ3n) is 7.70. The van der Waals surface area contributed by atoms with Gasteiger partial charge in [0.2, 0.25) is 5.91 Å². The average Bonchev–Trinajstić information content (AvgIpc) is 2.58. The number of aryl methyl sites for hydroxylation is 1. The second-order valence-electron chi connectivity index (χ2n) is 10.1. The fourth-order valence-corrected chi connectivity index (χ4v) is 8.71. The fourth-order valence-electron chi connectivity index (χ4n) is 7.20. The van der Waals surface area contributed by atoms with Gasteiger partial charge in [0, 0.05) is 16.4 Å². The van der Waals surface area contributed by atoms with Crippen LogP contribution in [0.3, 0.4) is 0 Å². The summed E-state index contributed by atoms with van der Waals surface area (Å²) >= 11 is 4.02. The van der Waals surface area contributed by atoms with E-state index in [1.807, 2.05) is 0 Å². The lowest BCUT2D eigenvalue weighted by molar-refractivity contribution is -0.129. The Hall–Kier alpha value is -1.63. The molecule has 29 heavy (non-hydrogen) atoms. The van der Waals surface area contributed by atoms with Gasteiger partial charge < -0.3 is 16.0 Å². The van der Waals surface area contributed by atoms with Crippen LogP contribution in [0.2, 0.25) is 0 Å². The van der Waals surface area contributed by atoms with E-state index in [4.69, 9.17) is 5.73 Å². The molecule has 4 saturated carbocycles. The lowest BCUT2D eigenvalue weighted by atomic mass is 9.48. The van der Waals surface area contributed by atoms with Gasteiger partial charge in [0.1, 0.15) is 5.56 Å². The normalized spacial score (nSPS) is 37.2. The zero-order valence-corrected chi connectivity index (χ0v) is 18.1. The van der Waals surface area contributed by atoms with Crippen molar-refractivity contribution in [2.75, 3.05) is 0 Å². The van der Waals surface area contributed by atoms with Gasteiger partial charge in [-0.2, -0.15) is 0 Å². The van der Waals surface area contributed by atoms with Crippen LogP contribution in [0.25, 0.3) is 0 Å². The van der Waals surface area contributed by atoms with Crippen LogP contribution in [0.1, 0.15) is 85.4 Å². The van der Waals surface area contributed by atoms with Crippen LogP contribution in [0, 0.1) is 17.3 Å². The molecule has 5 aliphatic rings. The first-order chi connectivity index (χ1) is 13.7. The molecule has 156 valence electrons. The van der Waals surface area contributed by atoms with Crippen LogP contribution in [0.4, 0.5) is 0 Å². The van der Waals surface area contributed by atoms with Crippen molar-refractivity contribution in [3.8, 4) is 0 Å². The molecule has 5 aliphatic carbocycles. The van der Waals surface area contributed by atoms with E-state index in [1.54, 1.807) is 6.07 Å². The van der Waals surface area contributed by atoms with E-state index < -0.39 is 11.5 Å². The summed E-state index contributed by atoms with van der Waals surface area (Å²) in [6.07, 6.45) is 10.3. The molecule has 1 aromatic rings. The number of carbonyl (C=O) groups is 2. The summed E-state index contributed by atoms with van der Waals surface area (Å²) in [5.41, 5.74) is 6.64. The summed E-state index contributed by atoms with van der Waals surface area (Å²) in [6.45, 7) is 0. The van der Waals surface area contributed by atoms with E-state index in [0.717, 1.165) is 48.8 Å². The molecule has 0 spiro atoms. The number of halogens is 1. The van der Waals surface area contributed by atoms with E-state index in [1.165, 1.54) is 32.1 Å². The number of alkyl halides is 1. The second-order valence-corrected chi connectivity index (χ2v) is 11.8. The molecule has 0 radical (unpaired) electrons. The quantitative estimate of drug-likeness (QED) is 0.599. The number of primary amides is 1. The minimum Gasteiger partial charge on any atom is -0.365 e. The van der Waals surface area contributed by atoms with E-state index in [9.17, 15) is 14.4 Å². The second kappa shape index (κ2) is 6.69. The van der Waals surface area contributed by atoms with Crippen molar-refractivity contribution in [3.63, 3.8) is 0 Å². The van der Waals surface area contributed by atoms with Gasteiger partial charge in [-0.25, -0.2) is 0 Å². The number of hydrogen-bond acceptors (Lipinski definition) is 3. The molecule has 1 aromatic heterocycles. The molecule has 3 unspecified atom stereocenters. The summed E-state index contributed by atoms with van der Waals surface area (Å²) in [4.78, 5) is 39.6. The monoisotopic (exact) mass is 461 g/mol. The fraction of sp³-hybridized carbons (Fsp3) is 0.682. The van der Waals surface area contributed by atoms with Gasteiger partial charge in [-0.05, 0) is 86.7 Å². The van der Waals surface area contributed by atoms with Crippen LogP contribution < -0.4 is 16.6 Å². The first kappa shape index (κ1) is 19.3. The first-order valence-electron chi connectivity index (χ1n) is 10.8. The number of aromatic nitrogens is 1. The molecule has 6 rings (SSSR count). The molecule has 2 amide bonds. The third-order valence-corrected chi connectivity index (χ3v) is 8.63. The number of pyridine rings is 1. The Bertz CT molecular complexity index is 926. The van der Waals surface area contributed by atoms with Crippen LogP contribution in [0.15, 0.2) is 10.9 Å². The van der Waals surface area contributed by atoms with Gasteiger partial charge in [0.05, 0.1) is 6.04 Å². The van der Waals surface area contributed by atoms with Gasteiger partial charge in [-0.3, -0.25) is 14.4 Å². The molecular formula is C22H28BrN3O3. The molecule has 4 N–H and O–H groups in total. The van der Waals surface area contributed by atoms with Gasteiger partial charge in [-0.15, -0.1) is 0 Å². The predicted octanol–water partition coefficient (Wildman–Crippen LogP) is 3.09. The van der Waals surface area contributed by atoms with Gasteiger partial charge >= 0.3 is 0 Å². The maximum absolute atomic E-state index is 13.1. The van der Waals surface area contributed by atoms with Crippen molar-refractivity contribution >= 4 is 27.7 Å². The number of rotatable bonds is 4. The smallest absolute Gasteiger partial charge is 0.261 e. The Morgan fingerprint density at radius 1 is 1.24 bits per heavy atom. The third kappa shape index (κ3) is 3.45. The number of hydrogen-bond donors (Lipinski definition) is 3. The molecule has 7 heteroatoms. The van der Waals surface area contributed by atoms with Gasteiger partial charge in [0.15, 0.2) is 0 Å². The number of nitrogens with one attached hydrogen (secondary N) is 2. The minimum atomic E-state index is -0.735. The highest BCUT2D eigenvalue weighted by molar-refractivity contribution is 9.10. The summed E-state index contributed by atoms with van der Waals surface area (Å²) in [6, 6.07) is 1.41. The Kier molecular flexibility index (Phi) is 4.46. The van der Waals surface area contributed by atoms with E-state index in [-0.39, 0.29) is 27.3 Å².